The SMILES string of the molecule is OB(O)c1ccc2nccc(-c3ccncc3)c2c1. The lowest BCUT2D eigenvalue weighted by Gasteiger charge is -2.08. The number of fused-ring (bicyclic) bond motifs is 1. The van der Waals surface area contributed by atoms with E-state index in [2.05, 4.69) is 9.97 Å². The van der Waals surface area contributed by atoms with Crippen LogP contribution in [0.1, 0.15) is 0 Å². The van der Waals surface area contributed by atoms with E-state index < -0.39 is 7.12 Å². The monoisotopic (exact) mass is 250 g/mol. The molecule has 0 spiro atoms. The molecule has 0 aliphatic carbocycles. The van der Waals surface area contributed by atoms with E-state index in [0.717, 1.165) is 22.0 Å². The van der Waals surface area contributed by atoms with Gasteiger partial charge in [0.2, 0.25) is 0 Å². The first kappa shape index (κ1) is 11.8. The van der Waals surface area contributed by atoms with Crippen molar-refractivity contribution < 1.29 is 10.0 Å². The van der Waals surface area contributed by atoms with Crippen LogP contribution in [0.3, 0.4) is 0 Å². The van der Waals surface area contributed by atoms with Crippen molar-refractivity contribution in [3.05, 3.63) is 55.0 Å². The molecule has 92 valence electrons. The van der Waals surface area contributed by atoms with Crippen LogP contribution in [0.2, 0.25) is 0 Å². The highest BCUT2D eigenvalue weighted by Gasteiger charge is 2.13. The molecule has 2 N–H and O–H groups in total. The standard InChI is InChI=1S/C14H11BN2O2/c18-15(19)11-1-2-14-13(9-11)12(5-8-17-14)10-3-6-16-7-4-10/h1-9,18-19H. The molecule has 0 aliphatic heterocycles. The number of nitrogens with zero attached hydrogens (tertiary/aromatic N) is 2. The average molecular weight is 250 g/mol. The number of aromatic nitrogens is 2. The van der Waals surface area contributed by atoms with Crippen LogP contribution in [0.4, 0.5) is 0 Å². The molecule has 0 radical (unpaired) electrons. The van der Waals surface area contributed by atoms with Gasteiger partial charge in [-0.15, -0.1) is 0 Å². The van der Waals surface area contributed by atoms with Crippen molar-refractivity contribution in [3.63, 3.8) is 0 Å². The average Bonchev–Trinajstić information content (AvgIpc) is 2.47. The predicted octanol–water partition coefficient (Wildman–Crippen LogP) is 0.977. The van der Waals surface area contributed by atoms with Gasteiger partial charge in [0.25, 0.3) is 0 Å². The summed E-state index contributed by atoms with van der Waals surface area (Å²) in [4.78, 5) is 8.29. The second-order valence-electron chi connectivity index (χ2n) is 4.24. The lowest BCUT2D eigenvalue weighted by atomic mass is 9.79. The largest absolute Gasteiger partial charge is 0.488 e. The van der Waals surface area contributed by atoms with E-state index >= 15 is 0 Å². The molecule has 0 saturated carbocycles. The van der Waals surface area contributed by atoms with Crippen molar-refractivity contribution in [3.8, 4) is 11.1 Å². The normalized spacial score (nSPS) is 10.6. The fourth-order valence-corrected chi connectivity index (χ4v) is 2.11. The molecule has 0 bridgehead atoms. The van der Waals surface area contributed by atoms with E-state index in [1.807, 2.05) is 18.2 Å². The first-order valence-corrected chi connectivity index (χ1v) is 5.91. The van der Waals surface area contributed by atoms with E-state index in [-0.39, 0.29) is 0 Å². The van der Waals surface area contributed by atoms with Crippen LogP contribution in [-0.4, -0.2) is 27.1 Å². The van der Waals surface area contributed by atoms with E-state index in [1.54, 1.807) is 36.8 Å². The van der Waals surface area contributed by atoms with Gasteiger partial charge in [0.15, 0.2) is 0 Å². The fraction of sp³-hybridized carbons (Fsp3) is 0. The zero-order chi connectivity index (χ0) is 13.2. The number of benzene rings is 1. The van der Waals surface area contributed by atoms with Gasteiger partial charge in [-0.3, -0.25) is 9.97 Å². The number of hydrogen-bond acceptors (Lipinski definition) is 4. The van der Waals surface area contributed by atoms with Crippen molar-refractivity contribution >= 4 is 23.5 Å². The molecule has 2 heterocycles. The van der Waals surface area contributed by atoms with Crippen LogP contribution in [0.15, 0.2) is 55.0 Å². The van der Waals surface area contributed by atoms with Gasteiger partial charge in [-0.25, -0.2) is 0 Å². The molecule has 19 heavy (non-hydrogen) atoms. The van der Waals surface area contributed by atoms with Crippen LogP contribution in [0.25, 0.3) is 22.0 Å². The minimum Gasteiger partial charge on any atom is -0.423 e. The molecule has 3 aromatic rings. The predicted molar refractivity (Wildman–Crippen MR) is 74.8 cm³/mol. The third kappa shape index (κ3) is 2.21. The smallest absolute Gasteiger partial charge is 0.423 e. The Morgan fingerprint density at radius 1 is 0.895 bits per heavy atom. The Hall–Kier alpha value is -2.24. The van der Waals surface area contributed by atoms with Crippen LogP contribution >= 0.6 is 0 Å². The maximum Gasteiger partial charge on any atom is 0.488 e. The second-order valence-corrected chi connectivity index (χ2v) is 4.24. The zero-order valence-corrected chi connectivity index (χ0v) is 10.1. The third-order valence-electron chi connectivity index (χ3n) is 3.06. The lowest BCUT2D eigenvalue weighted by Crippen LogP contribution is -2.29. The van der Waals surface area contributed by atoms with Crippen molar-refractivity contribution in [2.24, 2.45) is 0 Å². The van der Waals surface area contributed by atoms with Crippen molar-refractivity contribution in [1.82, 2.24) is 9.97 Å². The molecule has 0 saturated heterocycles. The van der Waals surface area contributed by atoms with Gasteiger partial charge < -0.3 is 10.0 Å². The summed E-state index contributed by atoms with van der Waals surface area (Å²) in [5.74, 6) is 0. The highest BCUT2D eigenvalue weighted by Crippen LogP contribution is 2.26. The first-order chi connectivity index (χ1) is 9.25. The molecule has 0 atom stereocenters. The molecule has 0 unspecified atom stereocenters. The van der Waals surface area contributed by atoms with Gasteiger partial charge in [-0.05, 0) is 40.9 Å². The molecule has 0 amide bonds. The Bertz CT molecular complexity index is 717. The summed E-state index contributed by atoms with van der Waals surface area (Å²) in [5, 5.41) is 19.4. The lowest BCUT2D eigenvalue weighted by molar-refractivity contribution is 0.426. The first-order valence-electron chi connectivity index (χ1n) is 5.91. The third-order valence-corrected chi connectivity index (χ3v) is 3.06. The summed E-state index contributed by atoms with van der Waals surface area (Å²) in [6, 6.07) is 10.9. The quantitative estimate of drug-likeness (QED) is 0.665. The molecule has 0 aliphatic rings. The second kappa shape index (κ2) is 4.80. The van der Waals surface area contributed by atoms with Gasteiger partial charge in [-0.1, -0.05) is 12.1 Å². The number of hydrogen-bond donors (Lipinski definition) is 2. The van der Waals surface area contributed by atoms with E-state index in [9.17, 15) is 10.0 Å². The summed E-state index contributed by atoms with van der Waals surface area (Å²) in [7, 11) is -1.48. The minimum absolute atomic E-state index is 0.454. The van der Waals surface area contributed by atoms with E-state index in [0.29, 0.717) is 5.46 Å². The topological polar surface area (TPSA) is 66.2 Å². The Balaban J connectivity index is 2.27. The molecular formula is C14H11BN2O2. The molecule has 0 fully saturated rings. The summed E-state index contributed by atoms with van der Waals surface area (Å²) < 4.78 is 0. The zero-order valence-electron chi connectivity index (χ0n) is 10.1. The van der Waals surface area contributed by atoms with Gasteiger partial charge in [0.1, 0.15) is 0 Å². The maximum atomic E-state index is 9.27. The summed E-state index contributed by atoms with van der Waals surface area (Å²) in [5.41, 5.74) is 3.29. The minimum atomic E-state index is -1.48. The van der Waals surface area contributed by atoms with E-state index in [1.165, 1.54) is 0 Å². The van der Waals surface area contributed by atoms with Crippen LogP contribution in [-0.2, 0) is 0 Å². The number of rotatable bonds is 2. The van der Waals surface area contributed by atoms with Crippen LogP contribution < -0.4 is 5.46 Å². The molecule has 2 aromatic heterocycles. The molecule has 1 aromatic carbocycles. The van der Waals surface area contributed by atoms with Crippen LogP contribution in [0.5, 0.6) is 0 Å². The highest BCUT2D eigenvalue weighted by molar-refractivity contribution is 6.59. The summed E-state index contributed by atoms with van der Waals surface area (Å²) in [6.07, 6.45) is 5.20. The van der Waals surface area contributed by atoms with Gasteiger partial charge in [-0.2, -0.15) is 0 Å². The molecule has 3 rings (SSSR count). The molecule has 4 nitrogen and oxygen atoms in total. The summed E-state index contributed by atoms with van der Waals surface area (Å²) in [6.45, 7) is 0. The van der Waals surface area contributed by atoms with Crippen LogP contribution in [0, 0.1) is 0 Å². The van der Waals surface area contributed by atoms with Gasteiger partial charge in [0.05, 0.1) is 5.52 Å². The van der Waals surface area contributed by atoms with Gasteiger partial charge in [0, 0.05) is 24.0 Å². The Morgan fingerprint density at radius 2 is 1.68 bits per heavy atom. The Morgan fingerprint density at radius 3 is 2.42 bits per heavy atom. The highest BCUT2D eigenvalue weighted by atomic mass is 16.4. The molecule has 5 heteroatoms. The van der Waals surface area contributed by atoms with Gasteiger partial charge >= 0.3 is 7.12 Å². The summed E-state index contributed by atoms with van der Waals surface area (Å²) >= 11 is 0. The molecular weight excluding hydrogens is 239 g/mol. The Labute approximate surface area is 110 Å². The van der Waals surface area contributed by atoms with Crippen molar-refractivity contribution in [2.75, 3.05) is 0 Å². The maximum absolute atomic E-state index is 9.27. The fourth-order valence-electron chi connectivity index (χ4n) is 2.11. The number of pyridine rings is 2. The van der Waals surface area contributed by atoms with Crippen molar-refractivity contribution in [2.45, 2.75) is 0 Å². The van der Waals surface area contributed by atoms with E-state index in [4.69, 9.17) is 0 Å². The Kier molecular flexibility index (Phi) is 2.99. The van der Waals surface area contributed by atoms with Crippen molar-refractivity contribution in [1.29, 1.82) is 0 Å².